The molecule has 6 rings (SSSR count). The second-order valence-corrected chi connectivity index (χ2v) is 15.1. The number of rotatable bonds is 12. The van der Waals surface area contributed by atoms with Crippen LogP contribution in [0.5, 0.6) is 23.0 Å². The lowest BCUT2D eigenvalue weighted by Gasteiger charge is -2.28. The van der Waals surface area contributed by atoms with Crippen LogP contribution in [0.2, 0.25) is 0 Å². The van der Waals surface area contributed by atoms with Crippen molar-refractivity contribution in [1.29, 1.82) is 0 Å². The van der Waals surface area contributed by atoms with Crippen molar-refractivity contribution in [3.8, 4) is 23.0 Å². The van der Waals surface area contributed by atoms with Crippen LogP contribution in [0.1, 0.15) is 88.1 Å². The highest BCUT2D eigenvalue weighted by Gasteiger charge is 2.24. The van der Waals surface area contributed by atoms with Crippen LogP contribution in [0, 0.1) is 0 Å². The molecule has 55 heavy (non-hydrogen) atoms. The molecule has 0 radical (unpaired) electrons. The Balaban J connectivity index is 0.000000211. The van der Waals surface area contributed by atoms with Gasteiger partial charge in [0.25, 0.3) is 0 Å². The molecule has 4 aromatic rings. The first-order valence-corrected chi connectivity index (χ1v) is 19.2. The topological polar surface area (TPSA) is 135 Å². The normalized spacial score (nSPS) is 14.8. The summed E-state index contributed by atoms with van der Waals surface area (Å²) in [6.45, 7) is 7.27. The van der Waals surface area contributed by atoms with Gasteiger partial charge in [0.1, 0.15) is 34.2 Å². The number of Topliss-reactive ketones (excluding diaryl/α,β-unsaturated/α-hetero) is 1. The van der Waals surface area contributed by atoms with E-state index in [0.717, 1.165) is 44.9 Å². The summed E-state index contributed by atoms with van der Waals surface area (Å²) in [6, 6.07) is 19.0. The first-order chi connectivity index (χ1) is 26.3. The Hall–Kier alpha value is -4.46. The zero-order valence-corrected chi connectivity index (χ0v) is 34.3. The third kappa shape index (κ3) is 10.1. The number of ether oxygens (including phenoxy) is 4. The number of fused-ring (bicyclic) bond motifs is 2. The Morgan fingerprint density at radius 2 is 1.11 bits per heavy atom. The molecule has 0 spiro atoms. The van der Waals surface area contributed by atoms with Crippen LogP contribution in [0.3, 0.4) is 0 Å². The number of methoxy groups -OCH3 is 2. The van der Waals surface area contributed by atoms with Crippen LogP contribution < -0.4 is 18.9 Å². The van der Waals surface area contributed by atoms with E-state index in [-0.39, 0.29) is 49.8 Å². The summed E-state index contributed by atoms with van der Waals surface area (Å²) in [5, 5.41) is 38.3. The minimum atomic E-state index is -0.357. The molecule has 2 heterocycles. The minimum absolute atomic E-state index is 0.0428. The molecule has 2 aliphatic rings. The van der Waals surface area contributed by atoms with Gasteiger partial charge in [-0.1, -0.05) is 52.9 Å². The molecule has 9 nitrogen and oxygen atoms in total. The zero-order valence-electron chi connectivity index (χ0n) is 32.1. The summed E-state index contributed by atoms with van der Waals surface area (Å²) in [5.41, 5.74) is 8.33. The van der Waals surface area contributed by atoms with Gasteiger partial charge in [0.2, 0.25) is 0 Å². The zero-order chi connectivity index (χ0) is 39.9. The molecule has 2 aliphatic heterocycles. The number of halogens is 1. The lowest BCUT2D eigenvalue weighted by Crippen LogP contribution is -2.27. The van der Waals surface area contributed by atoms with Gasteiger partial charge in [0.15, 0.2) is 5.78 Å². The summed E-state index contributed by atoms with van der Waals surface area (Å²) in [5.74, 6) is 2.67. The molecule has 0 saturated heterocycles. The van der Waals surface area contributed by atoms with Crippen LogP contribution >= 0.6 is 22.6 Å². The molecule has 0 atom stereocenters. The first-order valence-electron chi connectivity index (χ1n) is 18.0. The van der Waals surface area contributed by atoms with E-state index in [1.807, 2.05) is 70.2 Å². The molecule has 10 heteroatoms. The van der Waals surface area contributed by atoms with Gasteiger partial charge in [-0.3, -0.25) is 4.79 Å². The second-order valence-electron chi connectivity index (χ2n) is 14.5. The Morgan fingerprint density at radius 1 is 0.655 bits per heavy atom. The molecule has 4 aromatic carbocycles. The molecular formula is C45H49IO9. The van der Waals surface area contributed by atoms with Crippen molar-refractivity contribution >= 4 is 46.1 Å². The largest absolute Gasteiger partial charge is 0.496 e. The number of hydrogen-bond donors (Lipinski definition) is 4. The number of carbonyl (C=O) groups excluding carboxylic acids is 1. The number of benzene rings is 4. The van der Waals surface area contributed by atoms with Crippen LogP contribution in [0.15, 0.2) is 76.9 Å². The number of aliphatic hydroxyl groups is 4. The van der Waals surface area contributed by atoms with E-state index in [0.29, 0.717) is 45.7 Å². The maximum Gasteiger partial charge on any atom is 0.167 e. The third-order valence-corrected chi connectivity index (χ3v) is 10.2. The Labute approximate surface area is 336 Å². The van der Waals surface area contributed by atoms with Crippen LogP contribution in [0.25, 0.3) is 17.7 Å². The predicted octanol–water partition coefficient (Wildman–Crippen LogP) is 8.17. The highest BCUT2D eigenvalue weighted by Crippen LogP contribution is 2.36. The minimum Gasteiger partial charge on any atom is -0.496 e. The van der Waals surface area contributed by atoms with Gasteiger partial charge in [0, 0.05) is 34.2 Å². The van der Waals surface area contributed by atoms with Crippen molar-refractivity contribution in [3.63, 3.8) is 0 Å². The Kier molecular flexibility index (Phi) is 13.6. The van der Waals surface area contributed by atoms with Gasteiger partial charge < -0.3 is 39.4 Å². The standard InChI is InChI=1S/C23H25IO4.C22H24O5/c1-23(2)7-6-17-11-16(4-5-21(17)28-23)18(12-24)8-15-9-19(13-25)20(14-26)22(10-15)27-3;1-22(2)7-6-16-11-15(4-5-20(16)27-22)19(25)9-14-8-17(12-23)18(13-24)21(10-14)26-3/h4-7,9-12,25-26H,8,13-14H2,1-3H3;4-8,10-11,23-24H,9,12-13H2,1-3H3/b18-12-;. The van der Waals surface area contributed by atoms with Crippen molar-refractivity contribution in [2.24, 2.45) is 0 Å². The van der Waals surface area contributed by atoms with Gasteiger partial charge in [-0.15, -0.1) is 0 Å². The van der Waals surface area contributed by atoms with E-state index in [9.17, 15) is 25.2 Å². The van der Waals surface area contributed by atoms with Crippen molar-refractivity contribution in [2.45, 2.75) is 78.2 Å². The number of allylic oxidation sites excluding steroid dienone is 1. The summed E-state index contributed by atoms with van der Waals surface area (Å²) < 4.78 is 24.7. The fourth-order valence-corrected chi connectivity index (χ4v) is 7.17. The summed E-state index contributed by atoms with van der Waals surface area (Å²) in [7, 11) is 3.07. The molecule has 0 bridgehead atoms. The third-order valence-electron chi connectivity index (χ3n) is 9.50. The van der Waals surface area contributed by atoms with Crippen molar-refractivity contribution in [2.75, 3.05) is 14.2 Å². The average molecular weight is 861 g/mol. The smallest absolute Gasteiger partial charge is 0.167 e. The van der Waals surface area contributed by atoms with Crippen LogP contribution in [-0.4, -0.2) is 51.6 Å². The summed E-state index contributed by atoms with van der Waals surface area (Å²) in [6.07, 6.45) is 8.97. The molecule has 0 fully saturated rings. The van der Waals surface area contributed by atoms with E-state index in [1.54, 1.807) is 25.3 Å². The Morgan fingerprint density at radius 3 is 1.55 bits per heavy atom. The lowest BCUT2D eigenvalue weighted by atomic mass is 9.94. The molecule has 0 saturated carbocycles. The fourth-order valence-electron chi connectivity index (χ4n) is 6.59. The van der Waals surface area contributed by atoms with Gasteiger partial charge in [0.05, 0.1) is 40.6 Å². The number of ketones is 1. The predicted molar refractivity (Wildman–Crippen MR) is 224 cm³/mol. The van der Waals surface area contributed by atoms with Gasteiger partial charge >= 0.3 is 0 Å². The average Bonchev–Trinajstić information content (AvgIpc) is 3.18. The first kappa shape index (κ1) is 41.7. The quantitative estimate of drug-likeness (QED) is 0.0823. The Bertz CT molecular complexity index is 2080. The van der Waals surface area contributed by atoms with Crippen molar-refractivity contribution in [3.05, 3.63) is 133 Å². The second kappa shape index (κ2) is 18.0. The molecule has 290 valence electrons. The molecule has 4 N–H and O–H groups in total. The molecular weight excluding hydrogens is 811 g/mol. The van der Waals surface area contributed by atoms with Crippen molar-refractivity contribution in [1.82, 2.24) is 0 Å². The van der Waals surface area contributed by atoms with Crippen LogP contribution in [-0.2, 0) is 39.3 Å². The van der Waals surface area contributed by atoms with Crippen molar-refractivity contribution < 1.29 is 44.2 Å². The molecule has 0 amide bonds. The monoisotopic (exact) mass is 860 g/mol. The summed E-state index contributed by atoms with van der Waals surface area (Å²) >= 11 is 2.26. The number of carbonyl (C=O) groups is 1. The van der Waals surface area contributed by atoms with E-state index in [2.05, 4.69) is 51.0 Å². The highest BCUT2D eigenvalue weighted by molar-refractivity contribution is 14.1. The molecule has 0 unspecified atom stereocenters. The summed E-state index contributed by atoms with van der Waals surface area (Å²) in [4.78, 5) is 12.8. The number of aliphatic hydroxyl groups excluding tert-OH is 4. The van der Waals surface area contributed by atoms with E-state index in [4.69, 9.17) is 18.9 Å². The maximum atomic E-state index is 12.8. The fraction of sp³-hybridized carbons (Fsp3) is 0.311. The lowest BCUT2D eigenvalue weighted by molar-refractivity contribution is 0.0992. The highest BCUT2D eigenvalue weighted by atomic mass is 127. The molecule has 0 aromatic heterocycles. The van der Waals surface area contributed by atoms with E-state index >= 15 is 0 Å². The van der Waals surface area contributed by atoms with Gasteiger partial charge in [-0.2, -0.15) is 0 Å². The maximum absolute atomic E-state index is 12.8. The van der Waals surface area contributed by atoms with Gasteiger partial charge in [-0.05, 0) is 126 Å². The van der Waals surface area contributed by atoms with Gasteiger partial charge in [-0.25, -0.2) is 0 Å². The van der Waals surface area contributed by atoms with Crippen LogP contribution in [0.4, 0.5) is 0 Å². The SMILES string of the molecule is COc1cc(C/C(=C/I)c2ccc3c(c2)C=CC(C)(C)O3)cc(CO)c1CO.COc1cc(CC(=O)c2ccc3c(c2)C=CC(C)(C)O3)cc(CO)c1CO. The van der Waals surface area contributed by atoms with E-state index < -0.39 is 0 Å². The molecule has 0 aliphatic carbocycles. The number of hydrogen-bond acceptors (Lipinski definition) is 9. The van der Waals surface area contributed by atoms with E-state index in [1.165, 1.54) is 7.11 Å².